The molecule has 0 atom stereocenters. The molecule has 0 aliphatic heterocycles. The lowest BCUT2D eigenvalue weighted by molar-refractivity contribution is 0.0694. The first-order valence-electron chi connectivity index (χ1n) is 7.69. The highest BCUT2D eigenvalue weighted by Crippen LogP contribution is 2.33. The molecule has 1 heterocycles. The molecule has 1 aromatic heterocycles. The summed E-state index contributed by atoms with van der Waals surface area (Å²) >= 11 is 0. The van der Waals surface area contributed by atoms with Crippen molar-refractivity contribution in [1.82, 2.24) is 10.3 Å². The van der Waals surface area contributed by atoms with Gasteiger partial charge in [0.05, 0.1) is 44.7 Å². The van der Waals surface area contributed by atoms with E-state index in [9.17, 15) is 9.59 Å². The van der Waals surface area contributed by atoms with Gasteiger partial charge in [0.15, 0.2) is 0 Å². The number of pyridine rings is 1. The molecular formula is C18H20N2O6. The van der Waals surface area contributed by atoms with Crippen LogP contribution in [0.3, 0.4) is 0 Å². The zero-order valence-electron chi connectivity index (χ0n) is 15.0. The van der Waals surface area contributed by atoms with Crippen LogP contribution in [0.2, 0.25) is 0 Å². The number of nitrogens with one attached hydrogen (secondary N) is 1. The van der Waals surface area contributed by atoms with Crippen molar-refractivity contribution in [3.63, 3.8) is 0 Å². The summed E-state index contributed by atoms with van der Waals surface area (Å²) < 4.78 is 15.9. The quantitative estimate of drug-likeness (QED) is 0.778. The van der Waals surface area contributed by atoms with Gasteiger partial charge in [-0.05, 0) is 19.1 Å². The van der Waals surface area contributed by atoms with Crippen molar-refractivity contribution >= 4 is 11.9 Å². The summed E-state index contributed by atoms with van der Waals surface area (Å²) in [5.74, 6) is 0.0497. The lowest BCUT2D eigenvalue weighted by Gasteiger charge is -2.15. The highest BCUT2D eigenvalue weighted by Gasteiger charge is 2.17. The SMILES string of the molecule is COc1cc(OC)c(CNC(=O)c2ccc(C(=O)O)c(C)n2)c(OC)c1. The number of carboxylic acids is 1. The number of carboxylic acid groups (broad SMARTS) is 1. The van der Waals surface area contributed by atoms with E-state index in [-0.39, 0.29) is 23.5 Å². The molecule has 0 spiro atoms. The van der Waals surface area contributed by atoms with Crippen molar-refractivity contribution in [1.29, 1.82) is 0 Å². The number of amides is 1. The summed E-state index contributed by atoms with van der Waals surface area (Å²) in [6.07, 6.45) is 0. The fourth-order valence-corrected chi connectivity index (χ4v) is 2.42. The first kappa shape index (κ1) is 19.0. The molecule has 0 saturated heterocycles. The van der Waals surface area contributed by atoms with E-state index in [1.54, 1.807) is 12.1 Å². The van der Waals surface area contributed by atoms with Crippen LogP contribution in [0, 0.1) is 6.92 Å². The fraction of sp³-hybridized carbons (Fsp3) is 0.278. The Bertz CT molecular complexity index is 809. The van der Waals surface area contributed by atoms with Gasteiger partial charge in [-0.15, -0.1) is 0 Å². The van der Waals surface area contributed by atoms with Crippen molar-refractivity contribution in [2.75, 3.05) is 21.3 Å². The van der Waals surface area contributed by atoms with Crippen LogP contribution in [0.25, 0.3) is 0 Å². The van der Waals surface area contributed by atoms with Crippen LogP contribution < -0.4 is 19.5 Å². The molecule has 2 aromatic rings. The van der Waals surface area contributed by atoms with Gasteiger partial charge < -0.3 is 24.6 Å². The molecule has 0 radical (unpaired) electrons. The summed E-state index contributed by atoms with van der Waals surface area (Å²) in [4.78, 5) is 27.4. The van der Waals surface area contributed by atoms with Crippen LogP contribution >= 0.6 is 0 Å². The molecule has 26 heavy (non-hydrogen) atoms. The Morgan fingerprint density at radius 1 is 1.08 bits per heavy atom. The summed E-state index contributed by atoms with van der Waals surface area (Å²) in [6, 6.07) is 6.10. The average molecular weight is 360 g/mol. The first-order valence-corrected chi connectivity index (χ1v) is 7.69. The molecule has 1 aromatic carbocycles. The molecule has 1 amide bonds. The number of aromatic carboxylic acids is 1. The maximum Gasteiger partial charge on any atom is 0.337 e. The summed E-state index contributed by atoms with van der Waals surface area (Å²) in [5.41, 5.74) is 1.09. The molecule has 8 heteroatoms. The van der Waals surface area contributed by atoms with Gasteiger partial charge in [0, 0.05) is 12.1 Å². The standard InChI is InChI=1S/C18H20N2O6/c1-10-12(18(22)23)5-6-14(20-10)17(21)19-9-13-15(25-3)7-11(24-2)8-16(13)26-4/h5-8H,9H2,1-4H3,(H,19,21)(H,22,23). The van der Waals surface area contributed by atoms with Gasteiger partial charge in [0.2, 0.25) is 0 Å². The number of aryl methyl sites for hydroxylation is 1. The van der Waals surface area contributed by atoms with Crippen LogP contribution in [0.4, 0.5) is 0 Å². The van der Waals surface area contributed by atoms with Crippen molar-refractivity contribution in [2.24, 2.45) is 0 Å². The van der Waals surface area contributed by atoms with Gasteiger partial charge in [-0.1, -0.05) is 0 Å². The second-order valence-electron chi connectivity index (χ2n) is 5.33. The molecule has 2 rings (SSSR count). The minimum absolute atomic E-state index is 0.0556. The van der Waals surface area contributed by atoms with Gasteiger partial charge in [0.25, 0.3) is 5.91 Å². The number of methoxy groups -OCH3 is 3. The van der Waals surface area contributed by atoms with E-state index >= 15 is 0 Å². The van der Waals surface area contributed by atoms with Gasteiger partial charge in [-0.2, -0.15) is 0 Å². The van der Waals surface area contributed by atoms with E-state index in [0.717, 1.165) is 0 Å². The van der Waals surface area contributed by atoms with E-state index in [1.807, 2.05) is 0 Å². The molecule has 2 N–H and O–H groups in total. The zero-order chi connectivity index (χ0) is 19.3. The van der Waals surface area contributed by atoms with Gasteiger partial charge in [-0.3, -0.25) is 4.79 Å². The topological polar surface area (TPSA) is 107 Å². The third-order valence-corrected chi connectivity index (χ3v) is 3.79. The number of carbonyl (C=O) groups is 2. The Balaban J connectivity index is 2.22. The Labute approximate surface area is 150 Å². The number of benzene rings is 1. The molecule has 0 saturated carbocycles. The van der Waals surface area contributed by atoms with Crippen LogP contribution in [0.15, 0.2) is 24.3 Å². The van der Waals surface area contributed by atoms with Gasteiger partial charge >= 0.3 is 5.97 Å². The number of aromatic nitrogens is 1. The summed E-state index contributed by atoms with van der Waals surface area (Å²) in [7, 11) is 4.55. The second-order valence-corrected chi connectivity index (χ2v) is 5.33. The highest BCUT2D eigenvalue weighted by molar-refractivity contribution is 5.94. The Hall–Kier alpha value is -3.29. The Morgan fingerprint density at radius 2 is 1.69 bits per heavy atom. The van der Waals surface area contributed by atoms with Crippen LogP contribution in [-0.4, -0.2) is 43.3 Å². The molecular weight excluding hydrogens is 340 g/mol. The number of ether oxygens (including phenoxy) is 3. The molecule has 8 nitrogen and oxygen atoms in total. The number of nitrogens with zero attached hydrogens (tertiary/aromatic N) is 1. The minimum Gasteiger partial charge on any atom is -0.496 e. The Morgan fingerprint density at radius 3 is 2.15 bits per heavy atom. The van der Waals surface area contributed by atoms with Crippen molar-refractivity contribution in [2.45, 2.75) is 13.5 Å². The second kappa shape index (κ2) is 8.19. The summed E-state index contributed by atoms with van der Waals surface area (Å²) in [6.45, 7) is 1.67. The van der Waals surface area contributed by atoms with Crippen molar-refractivity contribution < 1.29 is 28.9 Å². The van der Waals surface area contributed by atoms with Gasteiger partial charge in [-0.25, -0.2) is 9.78 Å². The predicted octanol–water partition coefficient (Wildman–Crippen LogP) is 2.04. The maximum absolute atomic E-state index is 12.3. The average Bonchev–Trinajstić information content (AvgIpc) is 2.64. The van der Waals surface area contributed by atoms with Gasteiger partial charge in [0.1, 0.15) is 22.9 Å². The summed E-state index contributed by atoms with van der Waals surface area (Å²) in [5, 5.41) is 11.8. The van der Waals surface area contributed by atoms with E-state index in [0.29, 0.717) is 22.8 Å². The minimum atomic E-state index is -1.09. The van der Waals surface area contributed by atoms with E-state index in [2.05, 4.69) is 10.3 Å². The highest BCUT2D eigenvalue weighted by atomic mass is 16.5. The molecule has 0 aliphatic rings. The number of carbonyl (C=O) groups excluding carboxylic acids is 1. The fourth-order valence-electron chi connectivity index (χ4n) is 2.42. The third kappa shape index (κ3) is 4.02. The van der Waals surface area contributed by atoms with Crippen molar-refractivity contribution in [3.05, 3.63) is 46.8 Å². The maximum atomic E-state index is 12.3. The lowest BCUT2D eigenvalue weighted by atomic mass is 10.1. The Kier molecular flexibility index (Phi) is 6.00. The smallest absolute Gasteiger partial charge is 0.337 e. The first-order chi connectivity index (χ1) is 12.4. The van der Waals surface area contributed by atoms with Crippen molar-refractivity contribution in [3.8, 4) is 17.2 Å². The lowest BCUT2D eigenvalue weighted by Crippen LogP contribution is -2.25. The van der Waals surface area contributed by atoms with Crippen LogP contribution in [0.5, 0.6) is 17.2 Å². The molecule has 138 valence electrons. The number of hydrogen-bond donors (Lipinski definition) is 2. The normalized spacial score (nSPS) is 10.2. The predicted molar refractivity (Wildman–Crippen MR) is 93.2 cm³/mol. The monoisotopic (exact) mass is 360 g/mol. The van der Waals surface area contributed by atoms with E-state index < -0.39 is 11.9 Å². The van der Waals surface area contributed by atoms with Crippen LogP contribution in [0.1, 0.15) is 32.1 Å². The largest absolute Gasteiger partial charge is 0.496 e. The number of hydrogen-bond acceptors (Lipinski definition) is 6. The zero-order valence-corrected chi connectivity index (χ0v) is 15.0. The van der Waals surface area contributed by atoms with Crippen LogP contribution in [-0.2, 0) is 6.54 Å². The molecule has 0 aliphatic carbocycles. The molecule has 0 unspecified atom stereocenters. The number of rotatable bonds is 7. The third-order valence-electron chi connectivity index (χ3n) is 3.79. The van der Waals surface area contributed by atoms with E-state index in [4.69, 9.17) is 19.3 Å². The molecule has 0 bridgehead atoms. The van der Waals surface area contributed by atoms with E-state index in [1.165, 1.54) is 40.4 Å². The molecule has 0 fully saturated rings.